The second kappa shape index (κ2) is 5.06. The van der Waals surface area contributed by atoms with E-state index in [0.717, 1.165) is 0 Å². The van der Waals surface area contributed by atoms with E-state index in [0.29, 0.717) is 5.82 Å². The first kappa shape index (κ1) is 13.0. The summed E-state index contributed by atoms with van der Waals surface area (Å²) in [6.07, 6.45) is 2.85. The number of carbonyl (C=O) groups is 1. The molecule has 0 aliphatic rings. The van der Waals surface area contributed by atoms with Gasteiger partial charge in [0.05, 0.1) is 0 Å². The Labute approximate surface area is 108 Å². The van der Waals surface area contributed by atoms with Crippen LogP contribution in [-0.2, 0) is 9.84 Å². The van der Waals surface area contributed by atoms with Gasteiger partial charge in [-0.05, 0) is 12.1 Å². The molecule has 2 aromatic rings. The van der Waals surface area contributed by atoms with Crippen LogP contribution in [0.4, 0.5) is 4.79 Å². The zero-order valence-electron chi connectivity index (χ0n) is 9.59. The molecule has 0 radical (unpaired) electrons. The molecule has 0 spiro atoms. The van der Waals surface area contributed by atoms with Gasteiger partial charge in [0.25, 0.3) is 0 Å². The fourth-order valence-electron chi connectivity index (χ4n) is 1.41. The summed E-state index contributed by atoms with van der Waals surface area (Å²) in [5.41, 5.74) is 0. The van der Waals surface area contributed by atoms with Crippen LogP contribution < -0.4 is 5.32 Å². The summed E-state index contributed by atoms with van der Waals surface area (Å²) in [5, 5.41) is 9.99. The molecule has 0 bridgehead atoms. The first-order valence-corrected chi connectivity index (χ1v) is 6.80. The van der Waals surface area contributed by atoms with E-state index in [-0.39, 0.29) is 5.16 Å². The number of carboxylic acid groups (broad SMARTS) is 1. The third kappa shape index (κ3) is 2.88. The molecule has 0 saturated carbocycles. The third-order valence-electron chi connectivity index (χ3n) is 2.19. The van der Waals surface area contributed by atoms with E-state index < -0.39 is 21.8 Å². The van der Waals surface area contributed by atoms with E-state index >= 15 is 0 Å². The summed E-state index contributed by atoms with van der Waals surface area (Å²) < 4.78 is 25.2. The van der Waals surface area contributed by atoms with Gasteiger partial charge in [0, 0.05) is 18.6 Å². The zero-order chi connectivity index (χ0) is 13.9. The number of aromatic nitrogens is 3. The topological polar surface area (TPSA) is 114 Å². The second-order valence-electron chi connectivity index (χ2n) is 3.51. The van der Waals surface area contributed by atoms with Crippen molar-refractivity contribution in [2.45, 2.75) is 5.16 Å². The highest BCUT2D eigenvalue weighted by atomic mass is 32.2. The Hall–Kier alpha value is -2.42. The summed E-state index contributed by atoms with van der Waals surface area (Å²) >= 11 is 0. The van der Waals surface area contributed by atoms with E-state index in [1.54, 1.807) is 18.2 Å². The molecule has 2 N–H and O–H groups in total. The molecule has 1 amide bonds. The van der Waals surface area contributed by atoms with Gasteiger partial charge in [0.1, 0.15) is 11.7 Å². The van der Waals surface area contributed by atoms with Crippen molar-refractivity contribution in [1.82, 2.24) is 19.9 Å². The molecule has 0 aromatic carbocycles. The number of hydrogen-bond acceptors (Lipinski definition) is 5. The van der Waals surface area contributed by atoms with Crippen LogP contribution in [0, 0.1) is 0 Å². The molecular formula is C10H10N4O4S. The number of rotatable bonds is 4. The summed E-state index contributed by atoms with van der Waals surface area (Å²) in [6.45, 7) is 0. The molecule has 0 aliphatic heterocycles. The summed E-state index contributed by atoms with van der Waals surface area (Å²) in [7, 11) is -3.87. The highest BCUT2D eigenvalue weighted by Crippen LogP contribution is 2.13. The Morgan fingerprint density at radius 2 is 2.11 bits per heavy atom. The van der Waals surface area contributed by atoms with Crippen molar-refractivity contribution >= 4 is 15.9 Å². The van der Waals surface area contributed by atoms with Crippen molar-refractivity contribution in [2.24, 2.45) is 0 Å². The molecule has 9 heteroatoms. The standard InChI is InChI=1S/C10H10N4O4S/c15-10(16)13-7-19(17,18)9-12-5-6-14(9)8-3-1-2-4-11-8/h1-6,13H,7H2,(H,15,16). The fourth-order valence-corrected chi connectivity index (χ4v) is 2.53. The Morgan fingerprint density at radius 1 is 1.32 bits per heavy atom. The predicted octanol–water partition coefficient (Wildman–Crippen LogP) is 0.266. The number of pyridine rings is 1. The molecule has 2 aromatic heterocycles. The molecule has 0 saturated heterocycles. The highest BCUT2D eigenvalue weighted by molar-refractivity contribution is 7.91. The smallest absolute Gasteiger partial charge is 0.405 e. The average molecular weight is 282 g/mol. The Balaban J connectivity index is 2.37. The Kier molecular flexibility index (Phi) is 3.47. The van der Waals surface area contributed by atoms with Crippen molar-refractivity contribution < 1.29 is 18.3 Å². The molecule has 8 nitrogen and oxygen atoms in total. The van der Waals surface area contributed by atoms with Gasteiger partial charge in [-0.1, -0.05) is 6.07 Å². The lowest BCUT2D eigenvalue weighted by molar-refractivity contribution is 0.196. The van der Waals surface area contributed by atoms with E-state index in [1.807, 2.05) is 5.32 Å². The van der Waals surface area contributed by atoms with E-state index in [4.69, 9.17) is 5.11 Å². The van der Waals surface area contributed by atoms with Crippen LogP contribution in [0.15, 0.2) is 41.9 Å². The Bertz CT molecular complexity index is 681. The maximum Gasteiger partial charge on any atom is 0.405 e. The van der Waals surface area contributed by atoms with Crippen LogP contribution in [0.25, 0.3) is 5.82 Å². The van der Waals surface area contributed by atoms with Gasteiger partial charge in [0.15, 0.2) is 0 Å². The summed E-state index contributed by atoms with van der Waals surface area (Å²) in [4.78, 5) is 18.1. The molecule has 0 unspecified atom stereocenters. The van der Waals surface area contributed by atoms with Gasteiger partial charge in [0.2, 0.25) is 15.0 Å². The van der Waals surface area contributed by atoms with Crippen molar-refractivity contribution in [3.8, 4) is 5.82 Å². The number of sulfone groups is 1. The van der Waals surface area contributed by atoms with Gasteiger partial charge in [-0.2, -0.15) is 0 Å². The minimum atomic E-state index is -3.87. The van der Waals surface area contributed by atoms with Crippen LogP contribution in [0.2, 0.25) is 0 Å². The molecule has 100 valence electrons. The molecule has 2 heterocycles. The van der Waals surface area contributed by atoms with E-state index in [2.05, 4.69) is 9.97 Å². The zero-order valence-corrected chi connectivity index (χ0v) is 10.4. The molecule has 19 heavy (non-hydrogen) atoms. The van der Waals surface area contributed by atoms with Gasteiger partial charge in [-0.3, -0.25) is 4.57 Å². The predicted molar refractivity (Wildman–Crippen MR) is 64.6 cm³/mol. The largest absolute Gasteiger partial charge is 0.465 e. The number of hydrogen-bond donors (Lipinski definition) is 2. The first-order chi connectivity index (χ1) is 9.00. The van der Waals surface area contributed by atoms with Crippen molar-refractivity contribution in [2.75, 3.05) is 5.88 Å². The first-order valence-electron chi connectivity index (χ1n) is 5.15. The maximum absolute atomic E-state index is 12.0. The van der Waals surface area contributed by atoms with Gasteiger partial charge >= 0.3 is 6.09 Å². The SMILES string of the molecule is O=C(O)NCS(=O)(=O)c1nccn1-c1ccccn1. The van der Waals surface area contributed by atoms with Crippen LogP contribution >= 0.6 is 0 Å². The van der Waals surface area contributed by atoms with Crippen molar-refractivity contribution in [1.29, 1.82) is 0 Å². The van der Waals surface area contributed by atoms with Crippen molar-refractivity contribution in [3.63, 3.8) is 0 Å². The summed E-state index contributed by atoms with van der Waals surface area (Å²) in [5.74, 6) is -0.361. The lowest BCUT2D eigenvalue weighted by atomic mass is 10.5. The monoisotopic (exact) mass is 282 g/mol. The highest BCUT2D eigenvalue weighted by Gasteiger charge is 2.22. The number of imidazole rings is 1. The van der Waals surface area contributed by atoms with Crippen LogP contribution in [0.5, 0.6) is 0 Å². The molecule has 0 atom stereocenters. The number of nitrogens with zero attached hydrogens (tertiary/aromatic N) is 3. The Morgan fingerprint density at radius 3 is 2.74 bits per heavy atom. The molecule has 2 rings (SSSR count). The maximum atomic E-state index is 12.0. The lowest BCUT2D eigenvalue weighted by Crippen LogP contribution is -2.29. The number of nitrogens with one attached hydrogen (secondary N) is 1. The van der Waals surface area contributed by atoms with Crippen LogP contribution in [0.3, 0.4) is 0 Å². The molecule has 0 aliphatic carbocycles. The van der Waals surface area contributed by atoms with Crippen LogP contribution in [0.1, 0.15) is 0 Å². The molecule has 0 fully saturated rings. The summed E-state index contributed by atoms with van der Waals surface area (Å²) in [6, 6.07) is 5.01. The molecular weight excluding hydrogens is 272 g/mol. The van der Waals surface area contributed by atoms with E-state index in [9.17, 15) is 13.2 Å². The third-order valence-corrected chi connectivity index (χ3v) is 3.58. The average Bonchev–Trinajstić information content (AvgIpc) is 2.87. The van der Waals surface area contributed by atoms with E-state index in [1.165, 1.54) is 23.2 Å². The van der Waals surface area contributed by atoms with Crippen molar-refractivity contribution in [3.05, 3.63) is 36.8 Å². The van der Waals surface area contributed by atoms with Gasteiger partial charge in [-0.25, -0.2) is 23.2 Å². The second-order valence-corrected chi connectivity index (χ2v) is 5.39. The normalized spacial score (nSPS) is 11.2. The lowest BCUT2D eigenvalue weighted by Gasteiger charge is -2.07. The van der Waals surface area contributed by atoms with Gasteiger partial charge < -0.3 is 10.4 Å². The quantitative estimate of drug-likeness (QED) is 0.831. The number of amides is 1. The minimum absolute atomic E-state index is 0.264. The minimum Gasteiger partial charge on any atom is -0.465 e. The fraction of sp³-hybridized carbons (Fsp3) is 0.100. The van der Waals surface area contributed by atoms with Crippen LogP contribution in [-0.4, -0.2) is 40.0 Å². The van der Waals surface area contributed by atoms with Gasteiger partial charge in [-0.15, -0.1) is 0 Å².